The Balaban J connectivity index is 0.0000102. The van der Waals surface area contributed by atoms with E-state index in [1.807, 2.05) is 0 Å². The van der Waals surface area contributed by atoms with Gasteiger partial charge in [-0.05, 0) is 18.0 Å². The summed E-state index contributed by atoms with van der Waals surface area (Å²) < 4.78 is 32.4. The number of halogens is 1. The van der Waals surface area contributed by atoms with Crippen molar-refractivity contribution in [2.75, 3.05) is 36.1 Å². The molecule has 0 saturated carbocycles. The second kappa shape index (κ2) is 20.0. The van der Waals surface area contributed by atoms with Crippen molar-refractivity contribution in [1.29, 1.82) is 0 Å². The molecule has 0 saturated heterocycles. The van der Waals surface area contributed by atoms with Gasteiger partial charge in [-0.3, -0.25) is 0 Å². The van der Waals surface area contributed by atoms with E-state index in [0.29, 0.717) is 5.95 Å². The second-order valence-electron chi connectivity index (χ2n) is 8.43. The molecule has 33 heavy (non-hydrogen) atoms. The van der Waals surface area contributed by atoms with Gasteiger partial charge in [-0.1, -0.05) is 90.4 Å². The monoisotopic (exact) mass is 513 g/mol. The number of unbranched alkanes of at least 4 members (excludes halogenated alkanes) is 13. The normalized spacial score (nSPS) is 11.3. The number of nitrogens with zero attached hydrogens (tertiary/aromatic N) is 4. The van der Waals surface area contributed by atoms with Crippen molar-refractivity contribution < 1.29 is 42.5 Å². The molecular formula is C22H41ClN5NaO3S. The van der Waals surface area contributed by atoms with Crippen LogP contribution >= 0.6 is 11.6 Å². The van der Waals surface area contributed by atoms with Crippen molar-refractivity contribution in [1.82, 2.24) is 15.0 Å². The molecule has 1 heterocycles. The average molecular weight is 514 g/mol. The fourth-order valence-corrected chi connectivity index (χ4v) is 4.11. The first-order valence-corrected chi connectivity index (χ1v) is 14.1. The standard InChI is InChI=1S/C22H42ClN5O3S.Na/c1-3-4-5-6-7-8-9-10-11-12-13-14-15-16-17-24-21-25-20(23)26-22(27-21)28(2)18-19-32(29,30)31;/h3-19H2,1-2H3,(H,29,30,31)(H,24,25,26,27);/q;+1/p-1. The van der Waals surface area contributed by atoms with Gasteiger partial charge in [0.1, 0.15) is 0 Å². The number of hydrogen-bond donors (Lipinski definition) is 1. The maximum Gasteiger partial charge on any atom is 1.00 e. The summed E-state index contributed by atoms with van der Waals surface area (Å²) in [6, 6.07) is 0. The summed E-state index contributed by atoms with van der Waals surface area (Å²) >= 11 is 5.95. The number of aromatic nitrogens is 3. The predicted octanol–water partition coefficient (Wildman–Crippen LogP) is 2.40. The fourth-order valence-electron chi connectivity index (χ4n) is 3.46. The molecule has 0 aliphatic rings. The van der Waals surface area contributed by atoms with Crippen LogP contribution in [0.25, 0.3) is 0 Å². The first-order chi connectivity index (χ1) is 15.3. The van der Waals surface area contributed by atoms with Crippen LogP contribution in [0.1, 0.15) is 96.8 Å². The molecule has 0 aliphatic heterocycles. The largest absolute Gasteiger partial charge is 1.00 e. The molecule has 0 unspecified atom stereocenters. The first-order valence-electron chi connectivity index (χ1n) is 12.1. The third-order valence-electron chi connectivity index (χ3n) is 5.43. The van der Waals surface area contributed by atoms with E-state index in [9.17, 15) is 13.0 Å². The maximum atomic E-state index is 10.8. The molecule has 0 fully saturated rings. The summed E-state index contributed by atoms with van der Waals surface area (Å²) in [7, 11) is -2.69. The van der Waals surface area contributed by atoms with Crippen molar-refractivity contribution in [3.05, 3.63) is 5.28 Å². The quantitative estimate of drug-likeness (QED) is 0.161. The van der Waals surface area contributed by atoms with Crippen LogP contribution in [0.4, 0.5) is 11.9 Å². The van der Waals surface area contributed by atoms with Crippen LogP contribution in [0.15, 0.2) is 0 Å². The van der Waals surface area contributed by atoms with Gasteiger partial charge in [0.15, 0.2) is 0 Å². The summed E-state index contributed by atoms with van der Waals surface area (Å²) in [6.45, 7) is 2.98. The van der Waals surface area contributed by atoms with Crippen LogP contribution in [-0.2, 0) is 10.1 Å². The van der Waals surface area contributed by atoms with E-state index in [1.54, 1.807) is 7.05 Å². The molecule has 1 aromatic rings. The molecule has 1 N–H and O–H groups in total. The van der Waals surface area contributed by atoms with Gasteiger partial charge in [0, 0.05) is 20.1 Å². The smallest absolute Gasteiger partial charge is 0.748 e. The molecule has 0 amide bonds. The van der Waals surface area contributed by atoms with E-state index in [1.165, 1.54) is 81.9 Å². The van der Waals surface area contributed by atoms with Crippen LogP contribution in [0, 0.1) is 0 Å². The van der Waals surface area contributed by atoms with Crippen molar-refractivity contribution in [2.45, 2.75) is 96.8 Å². The van der Waals surface area contributed by atoms with E-state index >= 15 is 0 Å². The van der Waals surface area contributed by atoms with E-state index in [-0.39, 0.29) is 47.3 Å². The van der Waals surface area contributed by atoms with Gasteiger partial charge in [0.05, 0.1) is 15.9 Å². The first kappa shape index (κ1) is 32.8. The number of hydrogen-bond acceptors (Lipinski definition) is 8. The minimum atomic E-state index is -4.30. The predicted molar refractivity (Wildman–Crippen MR) is 131 cm³/mol. The number of nitrogens with one attached hydrogen (secondary N) is 1. The zero-order chi connectivity index (χ0) is 23.7. The van der Waals surface area contributed by atoms with Gasteiger partial charge in [-0.25, -0.2) is 8.42 Å². The van der Waals surface area contributed by atoms with E-state index in [2.05, 4.69) is 27.2 Å². The summed E-state index contributed by atoms with van der Waals surface area (Å²) in [5, 5.41) is 3.17. The molecule has 0 aliphatic carbocycles. The summed E-state index contributed by atoms with van der Waals surface area (Å²) in [4.78, 5) is 13.8. The molecule has 8 nitrogen and oxygen atoms in total. The van der Waals surface area contributed by atoms with Crippen LogP contribution in [0.2, 0.25) is 5.28 Å². The molecule has 1 rings (SSSR count). The molecule has 11 heteroatoms. The molecule has 0 bridgehead atoms. The molecule has 0 radical (unpaired) electrons. The van der Waals surface area contributed by atoms with Gasteiger partial charge in [0.25, 0.3) is 0 Å². The van der Waals surface area contributed by atoms with Crippen molar-refractivity contribution in [2.24, 2.45) is 0 Å². The Bertz CT molecular complexity index is 728. The van der Waals surface area contributed by atoms with Crippen molar-refractivity contribution in [3.8, 4) is 0 Å². The zero-order valence-corrected chi connectivity index (χ0v) is 24.4. The van der Waals surface area contributed by atoms with Gasteiger partial charge in [-0.2, -0.15) is 15.0 Å². The molecule has 1 aromatic heterocycles. The molecular weight excluding hydrogens is 473 g/mol. The van der Waals surface area contributed by atoms with E-state index in [4.69, 9.17) is 11.6 Å². The second-order valence-corrected chi connectivity index (χ2v) is 10.3. The Morgan fingerprint density at radius 1 is 0.848 bits per heavy atom. The van der Waals surface area contributed by atoms with Gasteiger partial charge in [0.2, 0.25) is 17.2 Å². The van der Waals surface area contributed by atoms with Crippen LogP contribution in [0.5, 0.6) is 0 Å². The zero-order valence-electron chi connectivity index (χ0n) is 20.8. The van der Waals surface area contributed by atoms with Crippen molar-refractivity contribution in [3.63, 3.8) is 0 Å². The molecule has 186 valence electrons. The van der Waals surface area contributed by atoms with Crippen LogP contribution < -0.4 is 39.8 Å². The minimum Gasteiger partial charge on any atom is -0.748 e. The van der Waals surface area contributed by atoms with Gasteiger partial charge in [-0.15, -0.1) is 0 Å². The van der Waals surface area contributed by atoms with E-state index in [0.717, 1.165) is 19.4 Å². The topological polar surface area (TPSA) is 111 Å². The van der Waals surface area contributed by atoms with Gasteiger partial charge < -0.3 is 14.8 Å². The molecule has 0 spiro atoms. The van der Waals surface area contributed by atoms with Crippen LogP contribution in [-0.4, -0.2) is 53.8 Å². The van der Waals surface area contributed by atoms with E-state index < -0.39 is 15.9 Å². The number of rotatable bonds is 20. The maximum absolute atomic E-state index is 10.8. The Hall–Kier alpha value is -0.190. The minimum absolute atomic E-state index is 0. The van der Waals surface area contributed by atoms with Crippen LogP contribution in [0.3, 0.4) is 0 Å². The Labute approximate surface area is 228 Å². The Morgan fingerprint density at radius 2 is 1.33 bits per heavy atom. The summed E-state index contributed by atoms with van der Waals surface area (Å²) in [6.07, 6.45) is 18.4. The Kier molecular flexibility index (Phi) is 19.9. The fraction of sp³-hybridized carbons (Fsp3) is 0.864. The third-order valence-corrected chi connectivity index (χ3v) is 6.28. The molecule has 0 atom stereocenters. The SMILES string of the molecule is CCCCCCCCCCCCCCCCNc1nc(Cl)nc(N(C)CCS(=O)(=O)[O-])n1.[Na+]. The molecule has 0 aromatic carbocycles. The summed E-state index contributed by atoms with van der Waals surface area (Å²) in [5.41, 5.74) is 0. The average Bonchev–Trinajstić information content (AvgIpc) is 2.74. The van der Waals surface area contributed by atoms with Crippen molar-refractivity contribution >= 4 is 33.6 Å². The Morgan fingerprint density at radius 3 is 1.82 bits per heavy atom. The van der Waals surface area contributed by atoms with Gasteiger partial charge >= 0.3 is 29.6 Å². The summed E-state index contributed by atoms with van der Waals surface area (Å²) in [5.74, 6) is 0.0675. The number of anilines is 2. The third kappa shape index (κ3) is 18.8.